The van der Waals surface area contributed by atoms with Gasteiger partial charge >= 0.3 is 0 Å². The molecular formula is C38H38O7. The maximum atomic E-state index is 11.0. The SMILES string of the molecule is CC(C)CC1CC(C)(C=Cc2cc(C=Cc3cc(O)cc(O)c3)ccc2O)Oc2cc(O)cc(c2)C=Cc2cc(O)c(O)c1c2. The van der Waals surface area contributed by atoms with Crippen molar-refractivity contribution in [2.24, 2.45) is 5.92 Å². The van der Waals surface area contributed by atoms with Crippen molar-refractivity contribution in [3.63, 3.8) is 0 Å². The molecule has 1 heterocycles. The van der Waals surface area contributed by atoms with E-state index in [-0.39, 0.29) is 46.3 Å². The third kappa shape index (κ3) is 7.81. The van der Waals surface area contributed by atoms with Gasteiger partial charge in [-0.3, -0.25) is 0 Å². The molecule has 6 N–H and O–H groups in total. The van der Waals surface area contributed by atoms with Crippen LogP contribution in [0.25, 0.3) is 30.4 Å². The highest BCUT2D eigenvalue weighted by Gasteiger charge is 2.32. The van der Waals surface area contributed by atoms with Crippen LogP contribution in [-0.4, -0.2) is 36.2 Å². The molecule has 0 amide bonds. The lowest BCUT2D eigenvalue weighted by Gasteiger charge is -2.33. The molecule has 0 aromatic heterocycles. The van der Waals surface area contributed by atoms with Gasteiger partial charge in [0.1, 0.15) is 34.3 Å². The highest BCUT2D eigenvalue weighted by atomic mass is 16.5. The average Bonchev–Trinajstić information content (AvgIpc) is 2.95. The molecule has 0 spiro atoms. The van der Waals surface area contributed by atoms with E-state index in [2.05, 4.69) is 13.8 Å². The van der Waals surface area contributed by atoms with E-state index in [4.69, 9.17) is 4.74 Å². The second kappa shape index (κ2) is 12.7. The first-order valence-corrected chi connectivity index (χ1v) is 14.9. The summed E-state index contributed by atoms with van der Waals surface area (Å²) >= 11 is 0. The molecule has 0 fully saturated rings. The molecule has 5 rings (SSSR count). The average molecular weight is 607 g/mol. The molecule has 4 aromatic rings. The van der Waals surface area contributed by atoms with E-state index in [0.29, 0.717) is 46.4 Å². The van der Waals surface area contributed by atoms with Crippen LogP contribution in [0.2, 0.25) is 0 Å². The van der Waals surface area contributed by atoms with Crippen molar-refractivity contribution in [2.75, 3.05) is 0 Å². The van der Waals surface area contributed by atoms with E-state index in [1.165, 1.54) is 24.3 Å². The van der Waals surface area contributed by atoms with E-state index in [9.17, 15) is 30.6 Å². The zero-order chi connectivity index (χ0) is 32.3. The molecule has 2 atom stereocenters. The first-order valence-electron chi connectivity index (χ1n) is 14.9. The number of hydrogen-bond acceptors (Lipinski definition) is 7. The van der Waals surface area contributed by atoms with Crippen LogP contribution in [0.15, 0.2) is 72.8 Å². The van der Waals surface area contributed by atoms with Crippen LogP contribution in [0.5, 0.6) is 40.2 Å². The van der Waals surface area contributed by atoms with Crippen molar-refractivity contribution in [1.29, 1.82) is 0 Å². The Hall–Kier alpha value is -5.30. The molecule has 7 nitrogen and oxygen atoms in total. The summed E-state index contributed by atoms with van der Waals surface area (Å²) in [5.74, 6) is 0.163. The lowest BCUT2D eigenvalue weighted by molar-refractivity contribution is 0.117. The Morgan fingerprint density at radius 3 is 2.11 bits per heavy atom. The van der Waals surface area contributed by atoms with Gasteiger partial charge in [-0.2, -0.15) is 0 Å². The Bertz CT molecular complexity index is 1780. The molecule has 45 heavy (non-hydrogen) atoms. The lowest BCUT2D eigenvalue weighted by atomic mass is 9.80. The maximum Gasteiger partial charge on any atom is 0.160 e. The van der Waals surface area contributed by atoms with Crippen molar-refractivity contribution < 1.29 is 35.4 Å². The predicted octanol–water partition coefficient (Wildman–Crippen LogP) is 8.65. The molecule has 232 valence electrons. The standard InChI is InChI=1S/C38H38O7/c1-23(2)12-29-22-38(3,11-10-28-13-24(8-9-35(28)42)4-5-25-14-30(39)20-31(40)15-25)45-33-17-26(16-32(41)21-33)6-7-27-18-34(29)37(44)36(43)19-27/h4-11,13-21,23,29,39-44H,12,22H2,1-3H3. The van der Waals surface area contributed by atoms with Gasteiger partial charge in [0.05, 0.1) is 0 Å². The van der Waals surface area contributed by atoms with Crippen LogP contribution in [-0.2, 0) is 0 Å². The Morgan fingerprint density at radius 2 is 1.40 bits per heavy atom. The Balaban J connectivity index is 1.56. The number of ether oxygens (including phenoxy) is 1. The third-order valence-electron chi connectivity index (χ3n) is 7.78. The second-order valence-corrected chi connectivity index (χ2v) is 12.3. The largest absolute Gasteiger partial charge is 0.508 e. The normalized spacial score (nSPS) is 18.2. The Labute approximate surface area is 263 Å². The number of phenols is 6. The zero-order valence-corrected chi connectivity index (χ0v) is 25.5. The van der Waals surface area contributed by atoms with E-state index in [1.54, 1.807) is 42.5 Å². The molecule has 0 saturated carbocycles. The van der Waals surface area contributed by atoms with Crippen LogP contribution >= 0.6 is 0 Å². The van der Waals surface area contributed by atoms with Crippen LogP contribution in [0.3, 0.4) is 0 Å². The van der Waals surface area contributed by atoms with Gasteiger partial charge in [-0.1, -0.05) is 50.3 Å². The molecule has 1 aliphatic heterocycles. The van der Waals surface area contributed by atoms with E-state index in [1.807, 2.05) is 43.4 Å². The quantitative estimate of drug-likeness (QED) is 0.0957. The van der Waals surface area contributed by atoms with Crippen molar-refractivity contribution in [2.45, 2.75) is 45.1 Å². The minimum atomic E-state index is -0.983. The molecule has 1 aliphatic rings. The van der Waals surface area contributed by atoms with E-state index in [0.717, 1.165) is 5.56 Å². The number of aromatic hydroxyl groups is 6. The topological polar surface area (TPSA) is 131 Å². The van der Waals surface area contributed by atoms with Gasteiger partial charge < -0.3 is 35.4 Å². The fourth-order valence-corrected chi connectivity index (χ4v) is 5.80. The number of hydrogen-bond donors (Lipinski definition) is 6. The highest BCUT2D eigenvalue weighted by Crippen LogP contribution is 2.44. The van der Waals surface area contributed by atoms with Gasteiger partial charge in [0.15, 0.2) is 11.5 Å². The van der Waals surface area contributed by atoms with Crippen LogP contribution < -0.4 is 4.74 Å². The summed E-state index contributed by atoms with van der Waals surface area (Å²) < 4.78 is 6.60. The first kappa shape index (κ1) is 31.1. The summed E-state index contributed by atoms with van der Waals surface area (Å²) in [4.78, 5) is 0. The Kier molecular flexibility index (Phi) is 8.82. The molecule has 4 bridgehead atoms. The number of benzene rings is 4. The van der Waals surface area contributed by atoms with Crippen molar-refractivity contribution in [1.82, 2.24) is 0 Å². The highest BCUT2D eigenvalue weighted by molar-refractivity contribution is 5.74. The summed E-state index contributed by atoms with van der Waals surface area (Å²) in [6.07, 6.45) is 11.9. The third-order valence-corrected chi connectivity index (χ3v) is 7.78. The molecule has 0 saturated heterocycles. The molecule has 2 unspecified atom stereocenters. The van der Waals surface area contributed by atoms with Gasteiger partial charge in [-0.05, 0) is 108 Å². The molecule has 0 radical (unpaired) electrons. The smallest absolute Gasteiger partial charge is 0.160 e. The van der Waals surface area contributed by atoms with E-state index < -0.39 is 5.60 Å². The van der Waals surface area contributed by atoms with Crippen LogP contribution in [0, 0.1) is 5.92 Å². The van der Waals surface area contributed by atoms with Gasteiger partial charge in [-0.15, -0.1) is 0 Å². The number of fused-ring (bicyclic) bond motifs is 4. The monoisotopic (exact) mass is 606 g/mol. The second-order valence-electron chi connectivity index (χ2n) is 12.3. The Morgan fingerprint density at radius 1 is 0.733 bits per heavy atom. The van der Waals surface area contributed by atoms with Crippen molar-refractivity contribution >= 4 is 30.4 Å². The summed E-state index contributed by atoms with van der Waals surface area (Å²) in [7, 11) is 0. The van der Waals surface area contributed by atoms with Crippen LogP contribution in [0.4, 0.5) is 0 Å². The fraction of sp³-hybridized carbons (Fsp3) is 0.211. The van der Waals surface area contributed by atoms with Crippen LogP contribution in [0.1, 0.15) is 72.9 Å². The molecular weight excluding hydrogens is 568 g/mol. The maximum absolute atomic E-state index is 11.0. The van der Waals surface area contributed by atoms with Gasteiger partial charge in [0, 0.05) is 23.3 Å². The van der Waals surface area contributed by atoms with E-state index >= 15 is 0 Å². The lowest BCUT2D eigenvalue weighted by Crippen LogP contribution is -2.32. The van der Waals surface area contributed by atoms with Gasteiger partial charge in [-0.25, -0.2) is 0 Å². The molecule has 0 aliphatic carbocycles. The predicted molar refractivity (Wildman–Crippen MR) is 178 cm³/mol. The van der Waals surface area contributed by atoms with Gasteiger partial charge in [0.2, 0.25) is 0 Å². The molecule has 7 heteroatoms. The zero-order valence-electron chi connectivity index (χ0n) is 25.5. The van der Waals surface area contributed by atoms with Crippen molar-refractivity contribution in [3.8, 4) is 40.2 Å². The minimum Gasteiger partial charge on any atom is -0.508 e. The number of rotatable bonds is 6. The summed E-state index contributed by atoms with van der Waals surface area (Å²) in [6, 6.07) is 17.8. The fourth-order valence-electron chi connectivity index (χ4n) is 5.80. The summed E-state index contributed by atoms with van der Waals surface area (Å²) in [5, 5.41) is 62.4. The number of phenolic OH excluding ortho intramolecular Hbond substituents is 6. The summed E-state index contributed by atoms with van der Waals surface area (Å²) in [6.45, 7) is 6.11. The van der Waals surface area contributed by atoms with Crippen molar-refractivity contribution in [3.05, 3.63) is 106 Å². The molecule has 4 aromatic carbocycles. The van der Waals surface area contributed by atoms with Gasteiger partial charge in [0.25, 0.3) is 0 Å². The summed E-state index contributed by atoms with van der Waals surface area (Å²) in [5.41, 5.74) is 2.97. The minimum absolute atomic E-state index is 0.0423. The first-order chi connectivity index (χ1) is 21.4.